The molecule has 0 unspecified atom stereocenters. The van der Waals surface area contributed by atoms with Gasteiger partial charge in [0.2, 0.25) is 25.5 Å². The Labute approximate surface area is 189 Å². The number of hydrogen-bond donors (Lipinski definition) is 1. The molecule has 33 heavy (non-hydrogen) atoms. The molecule has 2 aliphatic heterocycles. The molecular weight excluding hydrogens is 462 g/mol. The largest absolute Gasteiger partial charge is 0.506 e. The first-order chi connectivity index (χ1) is 15.7. The van der Waals surface area contributed by atoms with E-state index < -0.39 is 36.1 Å². The molecule has 1 aromatic heterocycles. The Balaban J connectivity index is 1.75. The zero-order valence-corrected chi connectivity index (χ0v) is 18.5. The summed E-state index contributed by atoms with van der Waals surface area (Å²) in [6.45, 7) is 0. The third-order valence-corrected chi connectivity index (χ3v) is 9.12. The van der Waals surface area contributed by atoms with Gasteiger partial charge in [-0.1, -0.05) is 24.3 Å². The topological polar surface area (TPSA) is 118 Å². The van der Waals surface area contributed by atoms with E-state index in [4.69, 9.17) is 0 Å². The maximum absolute atomic E-state index is 13.1. The van der Waals surface area contributed by atoms with E-state index in [1.807, 2.05) is 0 Å². The van der Waals surface area contributed by atoms with Crippen LogP contribution in [0, 0.1) is 0 Å². The summed E-state index contributed by atoms with van der Waals surface area (Å²) in [5.74, 6) is -1.12. The quantitative estimate of drug-likeness (QED) is 0.571. The van der Waals surface area contributed by atoms with Crippen molar-refractivity contribution >= 4 is 36.8 Å². The first kappa shape index (κ1) is 21.0. The highest BCUT2D eigenvalue weighted by molar-refractivity contribution is 7.97. The zero-order chi connectivity index (χ0) is 23.4. The van der Waals surface area contributed by atoms with Gasteiger partial charge in [0.25, 0.3) is 0 Å². The van der Waals surface area contributed by atoms with Gasteiger partial charge in [-0.3, -0.25) is 9.78 Å². The fourth-order valence-electron chi connectivity index (χ4n) is 3.86. The zero-order valence-electron chi connectivity index (χ0n) is 16.8. The molecule has 3 heterocycles. The van der Waals surface area contributed by atoms with Gasteiger partial charge in [0, 0.05) is 23.5 Å². The van der Waals surface area contributed by atoms with E-state index in [2.05, 4.69) is 4.98 Å². The Morgan fingerprint density at radius 3 is 1.97 bits per heavy atom. The van der Waals surface area contributed by atoms with Gasteiger partial charge in [0.1, 0.15) is 15.6 Å². The number of rotatable bonds is 3. The van der Waals surface area contributed by atoms with E-state index in [0.717, 1.165) is 6.08 Å². The van der Waals surface area contributed by atoms with Crippen LogP contribution in [0.2, 0.25) is 0 Å². The monoisotopic (exact) mass is 477 g/mol. The molecule has 164 valence electrons. The minimum atomic E-state index is -4.10. The van der Waals surface area contributed by atoms with Crippen molar-refractivity contribution in [2.75, 3.05) is 0 Å². The molecule has 9 heteroatoms. The summed E-state index contributed by atoms with van der Waals surface area (Å²) in [4.78, 5) is 15.8. The summed E-state index contributed by atoms with van der Waals surface area (Å²) in [7, 11) is -8.16. The molecule has 0 bridgehead atoms. The molecule has 7 nitrogen and oxygen atoms in total. The Kier molecular flexibility index (Phi) is 4.70. The summed E-state index contributed by atoms with van der Waals surface area (Å²) in [6, 6.07) is 15.0. The van der Waals surface area contributed by atoms with Crippen LogP contribution < -0.4 is 0 Å². The van der Waals surface area contributed by atoms with Gasteiger partial charge in [0.15, 0.2) is 0 Å². The van der Waals surface area contributed by atoms with Gasteiger partial charge in [-0.15, -0.1) is 0 Å². The molecule has 1 N–H and O–H groups in total. The van der Waals surface area contributed by atoms with Crippen LogP contribution in [-0.4, -0.2) is 32.7 Å². The number of hydrogen-bond acceptors (Lipinski definition) is 7. The van der Waals surface area contributed by atoms with Crippen LogP contribution in [0.3, 0.4) is 0 Å². The lowest BCUT2D eigenvalue weighted by molar-refractivity contribution is 0.104. The maximum Gasteiger partial charge on any atom is 0.211 e. The maximum atomic E-state index is 13.1. The lowest BCUT2D eigenvalue weighted by atomic mass is 10.0. The van der Waals surface area contributed by atoms with Crippen LogP contribution in [0.15, 0.2) is 105 Å². The van der Waals surface area contributed by atoms with Gasteiger partial charge in [-0.25, -0.2) is 16.8 Å². The molecule has 0 atom stereocenters. The summed E-state index contributed by atoms with van der Waals surface area (Å²) >= 11 is 0. The van der Waals surface area contributed by atoms with Crippen LogP contribution in [0.1, 0.15) is 21.5 Å². The molecule has 3 aromatic rings. The highest BCUT2D eigenvalue weighted by Gasteiger charge is 2.39. The number of nitrogens with zero attached hydrogens (tertiary/aromatic N) is 1. The molecule has 0 spiro atoms. The molecular formula is C24H15NO6S2. The summed E-state index contributed by atoms with van der Waals surface area (Å²) in [5.41, 5.74) is 0.751. The van der Waals surface area contributed by atoms with Crippen molar-refractivity contribution in [3.8, 4) is 0 Å². The van der Waals surface area contributed by atoms with E-state index in [9.17, 15) is 26.7 Å². The third kappa shape index (κ3) is 3.16. The molecule has 0 fully saturated rings. The van der Waals surface area contributed by atoms with Crippen LogP contribution >= 0.6 is 0 Å². The number of Topliss-reactive ketones (excluding diaryl/α,β-unsaturated/α-hetero) is 1. The van der Waals surface area contributed by atoms with Crippen LogP contribution in [0.25, 0.3) is 11.3 Å². The molecule has 0 radical (unpaired) electrons. The third-order valence-electron chi connectivity index (χ3n) is 5.48. The SMILES string of the molecule is O=C1C(=CC(=CC2=C(O)c3ccccc3S2(=O)=O)c2ccncc2)S(=O)(=O)c2ccccc21. The van der Waals surface area contributed by atoms with Gasteiger partial charge >= 0.3 is 0 Å². The number of allylic oxidation sites excluding steroid dienone is 4. The fourth-order valence-corrected chi connectivity index (χ4v) is 7.04. The van der Waals surface area contributed by atoms with Crippen LogP contribution in [0.5, 0.6) is 0 Å². The van der Waals surface area contributed by atoms with E-state index >= 15 is 0 Å². The summed E-state index contributed by atoms with van der Waals surface area (Å²) < 4.78 is 52.3. The van der Waals surface area contributed by atoms with Gasteiger partial charge in [-0.2, -0.15) is 0 Å². The molecule has 5 rings (SSSR count). The average Bonchev–Trinajstić information content (AvgIpc) is 3.13. The van der Waals surface area contributed by atoms with Crippen molar-refractivity contribution < 1.29 is 26.7 Å². The number of fused-ring (bicyclic) bond motifs is 2. The molecule has 0 saturated carbocycles. The lowest BCUT2D eigenvalue weighted by Gasteiger charge is -2.06. The van der Waals surface area contributed by atoms with E-state index in [1.165, 1.54) is 48.8 Å². The second kappa shape index (κ2) is 7.36. The van der Waals surface area contributed by atoms with Gasteiger partial charge in [0.05, 0.1) is 9.79 Å². The standard InChI is InChI=1S/C24H15NO6S2/c26-23-17-5-1-3-7-19(17)32(28,29)21(23)13-16(15-9-11-25-12-10-15)14-22-24(27)18-6-2-4-8-20(18)33(22,30)31/h1-14,26H. The Morgan fingerprint density at radius 2 is 1.36 bits per heavy atom. The molecule has 0 amide bonds. The minimum Gasteiger partial charge on any atom is -0.506 e. The second-order valence-electron chi connectivity index (χ2n) is 7.39. The van der Waals surface area contributed by atoms with Crippen molar-refractivity contribution in [2.24, 2.45) is 0 Å². The van der Waals surface area contributed by atoms with E-state index in [1.54, 1.807) is 30.3 Å². The molecule has 0 aliphatic carbocycles. The van der Waals surface area contributed by atoms with Crippen molar-refractivity contribution in [3.63, 3.8) is 0 Å². The normalized spacial score (nSPS) is 19.6. The van der Waals surface area contributed by atoms with Crippen molar-refractivity contribution in [1.82, 2.24) is 4.98 Å². The average molecular weight is 478 g/mol. The van der Waals surface area contributed by atoms with Crippen molar-refractivity contribution in [1.29, 1.82) is 0 Å². The number of sulfone groups is 2. The van der Waals surface area contributed by atoms with Crippen molar-refractivity contribution in [2.45, 2.75) is 9.79 Å². The predicted octanol–water partition coefficient (Wildman–Crippen LogP) is 3.73. The number of ketones is 1. The summed E-state index contributed by atoms with van der Waals surface area (Å²) in [5, 5.41) is 10.7. The van der Waals surface area contributed by atoms with Crippen molar-refractivity contribution in [3.05, 3.63) is 112 Å². The number of carbonyl (C=O) groups is 1. The van der Waals surface area contributed by atoms with E-state index in [-0.39, 0.29) is 31.4 Å². The smallest absolute Gasteiger partial charge is 0.211 e. The second-order valence-corrected chi connectivity index (χ2v) is 11.2. The van der Waals surface area contributed by atoms with Crippen LogP contribution in [-0.2, 0) is 19.7 Å². The Bertz CT molecular complexity index is 1650. The highest BCUT2D eigenvalue weighted by atomic mass is 32.2. The number of benzene rings is 2. The molecule has 0 saturated heterocycles. The van der Waals surface area contributed by atoms with Gasteiger partial charge < -0.3 is 5.11 Å². The van der Waals surface area contributed by atoms with Gasteiger partial charge in [-0.05, 0) is 59.7 Å². The first-order valence-electron chi connectivity index (χ1n) is 9.73. The minimum absolute atomic E-state index is 0.0487. The van der Waals surface area contributed by atoms with E-state index in [0.29, 0.717) is 5.56 Å². The number of pyridine rings is 1. The molecule has 2 aliphatic rings. The van der Waals surface area contributed by atoms with Crippen LogP contribution in [0.4, 0.5) is 0 Å². The number of aliphatic hydroxyl groups is 1. The predicted molar refractivity (Wildman–Crippen MR) is 121 cm³/mol. The lowest BCUT2D eigenvalue weighted by Crippen LogP contribution is -2.04. The first-order valence-corrected chi connectivity index (χ1v) is 12.7. The fraction of sp³-hybridized carbons (Fsp3) is 0. The molecule has 2 aromatic carbocycles. The summed E-state index contributed by atoms with van der Waals surface area (Å²) in [6.07, 6.45) is 5.23. The number of carbonyl (C=O) groups excluding carboxylic acids is 1. The Hall–Kier alpha value is -3.82. The number of aliphatic hydroxyl groups excluding tert-OH is 1. The highest BCUT2D eigenvalue weighted by Crippen LogP contribution is 2.41. The number of aromatic nitrogens is 1. The Morgan fingerprint density at radius 1 is 0.788 bits per heavy atom.